The van der Waals surface area contributed by atoms with E-state index in [2.05, 4.69) is 26.0 Å². The van der Waals surface area contributed by atoms with Crippen LogP contribution in [0.5, 0.6) is 0 Å². The third-order valence-electron chi connectivity index (χ3n) is 10.2. The molecule has 0 rings (SSSR count). The number of quaternary nitrogens is 1. The van der Waals surface area contributed by atoms with Gasteiger partial charge in [-0.25, -0.2) is 0 Å². The van der Waals surface area contributed by atoms with E-state index in [1.165, 1.54) is 128 Å². The lowest BCUT2D eigenvalue weighted by Gasteiger charge is -2.34. The Kier molecular flexibility index (Phi) is 35.7. The minimum Gasteiger partial charge on any atom is -0.544 e. The fourth-order valence-electron chi connectivity index (χ4n) is 6.65. The smallest absolute Gasteiger partial charge is 0.306 e. The van der Waals surface area contributed by atoms with Gasteiger partial charge in [0.1, 0.15) is 12.6 Å². The Labute approximate surface area is 327 Å². The van der Waals surface area contributed by atoms with Crippen LogP contribution in [0.3, 0.4) is 0 Å². The summed E-state index contributed by atoms with van der Waals surface area (Å²) in [4.78, 5) is 36.8. The number of hydrogen-bond donors (Lipinski definition) is 0. The Balaban J connectivity index is 4.28. The van der Waals surface area contributed by atoms with E-state index < -0.39 is 18.1 Å². The number of aliphatic carboxylic acids is 1. The molecule has 0 fully saturated rings. The fraction of sp³-hybridized carbons (Fsp3) is 0.889. The van der Waals surface area contributed by atoms with Gasteiger partial charge in [-0.15, -0.1) is 0 Å². The summed E-state index contributed by atoms with van der Waals surface area (Å²) in [6.45, 7) is 4.66. The Bertz CT molecular complexity index is 885. The van der Waals surface area contributed by atoms with Gasteiger partial charge < -0.3 is 28.6 Å². The lowest BCUT2D eigenvalue weighted by molar-refractivity contribution is -0.889. The average molecular weight is 752 g/mol. The number of carboxylic acids is 1. The predicted molar refractivity (Wildman–Crippen MR) is 217 cm³/mol. The summed E-state index contributed by atoms with van der Waals surface area (Å²) in [5.41, 5.74) is 0. The number of carbonyl (C=O) groups is 3. The molecule has 0 amide bonds. The van der Waals surface area contributed by atoms with Gasteiger partial charge in [0.2, 0.25) is 0 Å². The van der Waals surface area contributed by atoms with Crippen molar-refractivity contribution in [2.45, 2.75) is 219 Å². The summed E-state index contributed by atoms with van der Waals surface area (Å²) in [5.74, 6) is -1.73. The number of esters is 2. The summed E-state index contributed by atoms with van der Waals surface area (Å²) < 4.78 is 17.1. The monoisotopic (exact) mass is 752 g/mol. The van der Waals surface area contributed by atoms with Gasteiger partial charge in [0.05, 0.1) is 40.3 Å². The lowest BCUT2D eigenvalue weighted by Crippen LogP contribution is -2.55. The van der Waals surface area contributed by atoms with Gasteiger partial charge in [0.15, 0.2) is 6.10 Å². The van der Waals surface area contributed by atoms with E-state index in [9.17, 15) is 19.5 Å². The highest BCUT2D eigenvalue weighted by molar-refractivity contribution is 5.70. The molecule has 0 saturated heterocycles. The van der Waals surface area contributed by atoms with Crippen molar-refractivity contribution in [1.29, 1.82) is 0 Å². The number of nitrogens with zero attached hydrogens (tertiary/aromatic N) is 1. The first-order valence-corrected chi connectivity index (χ1v) is 22.2. The Morgan fingerprint density at radius 2 is 0.943 bits per heavy atom. The second kappa shape index (κ2) is 37.0. The van der Waals surface area contributed by atoms with E-state index in [0.29, 0.717) is 12.8 Å². The molecule has 0 aliphatic rings. The number of likely N-dealkylation sites (N-methyl/N-ethyl adjacent to an activating group) is 1. The molecule has 0 radical (unpaired) electrons. The van der Waals surface area contributed by atoms with Gasteiger partial charge in [-0.2, -0.15) is 0 Å². The Morgan fingerprint density at radius 1 is 0.547 bits per heavy atom. The molecule has 0 aliphatic heterocycles. The van der Waals surface area contributed by atoms with Crippen LogP contribution >= 0.6 is 0 Å². The van der Waals surface area contributed by atoms with Crippen LogP contribution in [0.2, 0.25) is 0 Å². The first kappa shape index (κ1) is 51.1. The zero-order valence-electron chi connectivity index (χ0n) is 35.4. The number of rotatable bonds is 40. The zero-order valence-corrected chi connectivity index (χ0v) is 35.4. The van der Waals surface area contributed by atoms with Crippen molar-refractivity contribution in [3.8, 4) is 0 Å². The number of allylic oxidation sites excluding steroid dienone is 2. The highest BCUT2D eigenvalue weighted by Gasteiger charge is 2.25. The molecule has 0 saturated carbocycles. The van der Waals surface area contributed by atoms with Gasteiger partial charge in [-0.3, -0.25) is 9.59 Å². The zero-order chi connectivity index (χ0) is 39.3. The molecule has 2 unspecified atom stereocenters. The van der Waals surface area contributed by atoms with Crippen molar-refractivity contribution in [1.82, 2.24) is 0 Å². The Morgan fingerprint density at radius 3 is 1.36 bits per heavy atom. The van der Waals surface area contributed by atoms with Crippen molar-refractivity contribution < 1.29 is 38.2 Å². The van der Waals surface area contributed by atoms with Crippen molar-refractivity contribution in [2.75, 3.05) is 41.0 Å². The van der Waals surface area contributed by atoms with Crippen LogP contribution in [0.4, 0.5) is 0 Å². The van der Waals surface area contributed by atoms with Gasteiger partial charge in [0, 0.05) is 19.3 Å². The van der Waals surface area contributed by atoms with Crippen molar-refractivity contribution in [3.63, 3.8) is 0 Å². The minimum absolute atomic E-state index is 0.0435. The van der Waals surface area contributed by atoms with E-state index in [-0.39, 0.29) is 42.7 Å². The SMILES string of the molecule is CCCCCCCCCCC/C=C/CCCCCCCC(=O)OCC(COCCC(C(=O)[O-])[N+](C)(C)C)OC(=O)CCCCCCCCCCCCC. The standard InChI is InChI=1S/C45H85NO7/c1-6-8-10-12-14-16-18-19-20-21-22-23-24-26-27-29-31-33-35-43(47)52-40-41(39-51-38-37-42(45(49)50)46(3,4)5)53-44(48)36-34-32-30-28-25-17-15-13-11-9-7-2/h22-23,41-42H,6-21,24-40H2,1-5H3/b23-22+. The summed E-state index contributed by atoms with van der Waals surface area (Å²) in [6, 6.07) is -0.722. The van der Waals surface area contributed by atoms with Crippen LogP contribution in [0, 0.1) is 0 Å². The maximum absolute atomic E-state index is 12.7. The normalized spacial score (nSPS) is 13.0. The fourth-order valence-corrected chi connectivity index (χ4v) is 6.65. The van der Waals surface area contributed by atoms with E-state index in [1.807, 2.05) is 0 Å². The molecule has 0 aromatic rings. The molecular formula is C45H85NO7. The van der Waals surface area contributed by atoms with Crippen molar-refractivity contribution in [2.24, 2.45) is 0 Å². The summed E-state index contributed by atoms with van der Waals surface area (Å²) >= 11 is 0. The third kappa shape index (κ3) is 35.5. The number of ether oxygens (including phenoxy) is 3. The third-order valence-corrected chi connectivity index (χ3v) is 10.2. The van der Waals surface area contributed by atoms with Crippen LogP contribution in [-0.2, 0) is 28.6 Å². The average Bonchev–Trinajstić information content (AvgIpc) is 3.11. The van der Waals surface area contributed by atoms with E-state index >= 15 is 0 Å². The van der Waals surface area contributed by atoms with Gasteiger partial charge in [-0.05, 0) is 38.5 Å². The number of hydrogen-bond acceptors (Lipinski definition) is 7. The van der Waals surface area contributed by atoms with E-state index in [1.54, 1.807) is 21.1 Å². The predicted octanol–water partition coefficient (Wildman–Crippen LogP) is 10.6. The van der Waals surface area contributed by atoms with E-state index in [0.717, 1.165) is 44.9 Å². The Hall–Kier alpha value is -1.93. The number of carbonyl (C=O) groups excluding carboxylic acids is 3. The van der Waals surface area contributed by atoms with E-state index in [4.69, 9.17) is 14.2 Å². The van der Waals surface area contributed by atoms with Gasteiger partial charge >= 0.3 is 11.9 Å². The summed E-state index contributed by atoms with van der Waals surface area (Å²) in [5, 5.41) is 11.6. The molecule has 0 aliphatic carbocycles. The molecule has 2 atom stereocenters. The quantitative estimate of drug-likeness (QED) is 0.0266. The maximum atomic E-state index is 12.7. The second-order valence-corrected chi connectivity index (χ2v) is 16.3. The minimum atomic E-state index is -1.12. The highest BCUT2D eigenvalue weighted by Crippen LogP contribution is 2.15. The van der Waals surface area contributed by atoms with Crippen LogP contribution in [0.1, 0.15) is 206 Å². The topological polar surface area (TPSA) is 102 Å². The van der Waals surface area contributed by atoms with Gasteiger partial charge in [-0.1, -0.05) is 161 Å². The maximum Gasteiger partial charge on any atom is 0.306 e. The largest absolute Gasteiger partial charge is 0.544 e. The van der Waals surface area contributed by atoms with Crippen LogP contribution in [0.25, 0.3) is 0 Å². The molecule has 312 valence electrons. The molecule has 0 aromatic heterocycles. The molecule has 0 heterocycles. The molecule has 8 nitrogen and oxygen atoms in total. The molecule has 0 bridgehead atoms. The van der Waals surface area contributed by atoms with Crippen molar-refractivity contribution in [3.05, 3.63) is 12.2 Å². The van der Waals surface area contributed by atoms with Crippen LogP contribution < -0.4 is 5.11 Å². The highest BCUT2D eigenvalue weighted by atomic mass is 16.6. The summed E-state index contributed by atoms with van der Waals surface area (Å²) in [6.07, 6.45) is 38.0. The molecule has 53 heavy (non-hydrogen) atoms. The number of carboxylic acid groups (broad SMARTS) is 1. The summed E-state index contributed by atoms with van der Waals surface area (Å²) in [7, 11) is 5.41. The van der Waals surface area contributed by atoms with Gasteiger partial charge in [0.25, 0.3) is 0 Å². The lowest BCUT2D eigenvalue weighted by atomic mass is 10.1. The molecule has 0 N–H and O–H groups in total. The van der Waals surface area contributed by atoms with Crippen LogP contribution in [-0.4, -0.2) is 75.5 Å². The molecular weight excluding hydrogens is 666 g/mol. The molecule has 8 heteroatoms. The number of unbranched alkanes of at least 4 members (excludes halogenated alkanes) is 24. The first-order chi connectivity index (χ1) is 25.6. The molecule has 0 spiro atoms. The van der Waals surface area contributed by atoms with Crippen molar-refractivity contribution >= 4 is 17.9 Å². The molecule has 0 aromatic carbocycles. The first-order valence-electron chi connectivity index (χ1n) is 22.2. The second-order valence-electron chi connectivity index (χ2n) is 16.3. The van der Waals surface area contributed by atoms with Crippen LogP contribution in [0.15, 0.2) is 12.2 Å².